The molecule has 1 saturated carbocycles. The van der Waals surface area contributed by atoms with E-state index in [2.05, 4.69) is 44.2 Å². The third kappa shape index (κ3) is 7.95. The van der Waals surface area contributed by atoms with E-state index in [1.54, 1.807) is 5.57 Å². The van der Waals surface area contributed by atoms with E-state index in [9.17, 15) is 0 Å². The third-order valence-electron chi connectivity index (χ3n) is 7.83. The van der Waals surface area contributed by atoms with Crippen molar-refractivity contribution in [2.75, 3.05) is 0 Å². The Labute approximate surface area is 181 Å². The maximum Gasteiger partial charge on any atom is -0.0241 e. The van der Waals surface area contributed by atoms with Crippen molar-refractivity contribution < 1.29 is 0 Å². The molecule has 162 valence electrons. The normalized spacial score (nSPS) is 25.0. The minimum absolute atomic E-state index is 0.977. The first-order valence-electron chi connectivity index (χ1n) is 13.0. The Morgan fingerprint density at radius 3 is 1.86 bits per heavy atom. The van der Waals surface area contributed by atoms with Crippen LogP contribution in [-0.4, -0.2) is 0 Å². The fourth-order valence-corrected chi connectivity index (χ4v) is 5.67. The molecule has 0 N–H and O–H groups in total. The Morgan fingerprint density at radius 1 is 0.655 bits per heavy atom. The molecule has 0 bridgehead atoms. The number of benzene rings is 1. The molecule has 0 saturated heterocycles. The van der Waals surface area contributed by atoms with E-state index >= 15 is 0 Å². The summed E-state index contributed by atoms with van der Waals surface area (Å²) in [6.45, 7) is 4.59. The van der Waals surface area contributed by atoms with Gasteiger partial charge in [0.05, 0.1) is 0 Å². The second kappa shape index (κ2) is 12.6. The summed E-state index contributed by atoms with van der Waals surface area (Å²) >= 11 is 0. The average Bonchev–Trinajstić information content (AvgIpc) is 2.77. The van der Waals surface area contributed by atoms with E-state index < -0.39 is 0 Å². The van der Waals surface area contributed by atoms with Crippen LogP contribution in [0.4, 0.5) is 0 Å². The standard InChI is InChI=1S/C29H46/c1-3-5-7-25-10-14-27(15-11-25)17-19-29-22-20-28(21-23-29)18-16-26-12-8-24(6-4-2)9-13-26/h8-9,12-13,20,25,27,29H,3-7,10-11,14-19,21-23H2,1-2H3. The Bertz CT molecular complexity index is 585. The summed E-state index contributed by atoms with van der Waals surface area (Å²) in [7, 11) is 0. The lowest BCUT2D eigenvalue weighted by atomic mass is 9.76. The van der Waals surface area contributed by atoms with Gasteiger partial charge in [-0.15, -0.1) is 0 Å². The van der Waals surface area contributed by atoms with Gasteiger partial charge in [0.15, 0.2) is 0 Å². The molecule has 0 radical (unpaired) electrons. The van der Waals surface area contributed by atoms with Gasteiger partial charge in [-0.25, -0.2) is 0 Å². The summed E-state index contributed by atoms with van der Waals surface area (Å²) < 4.78 is 0. The van der Waals surface area contributed by atoms with Crippen LogP contribution >= 0.6 is 0 Å². The monoisotopic (exact) mass is 394 g/mol. The van der Waals surface area contributed by atoms with Gasteiger partial charge in [0.25, 0.3) is 0 Å². The first-order chi connectivity index (χ1) is 14.3. The van der Waals surface area contributed by atoms with Crippen molar-refractivity contribution >= 4 is 0 Å². The molecule has 3 rings (SSSR count). The largest absolute Gasteiger partial charge is 0.0850 e. The molecule has 2 aliphatic rings. The van der Waals surface area contributed by atoms with Gasteiger partial charge in [-0.3, -0.25) is 0 Å². The maximum absolute atomic E-state index is 2.61. The van der Waals surface area contributed by atoms with Crippen LogP contribution in [0.2, 0.25) is 0 Å². The zero-order valence-corrected chi connectivity index (χ0v) is 19.4. The molecular formula is C29H46. The SMILES string of the molecule is CCCCC1CCC(CCC2CC=C(CCc3ccc(CCC)cc3)CC2)CC1. The smallest absolute Gasteiger partial charge is 0.0241 e. The van der Waals surface area contributed by atoms with Crippen LogP contribution < -0.4 is 0 Å². The van der Waals surface area contributed by atoms with Gasteiger partial charge in [0.2, 0.25) is 0 Å². The van der Waals surface area contributed by atoms with Crippen LogP contribution in [0, 0.1) is 17.8 Å². The quantitative estimate of drug-likeness (QED) is 0.328. The fourth-order valence-electron chi connectivity index (χ4n) is 5.67. The zero-order chi connectivity index (χ0) is 20.3. The highest BCUT2D eigenvalue weighted by molar-refractivity contribution is 5.23. The highest BCUT2D eigenvalue weighted by Crippen LogP contribution is 2.37. The molecule has 0 heteroatoms. The minimum Gasteiger partial charge on any atom is -0.0850 e. The van der Waals surface area contributed by atoms with Gasteiger partial charge in [-0.1, -0.05) is 108 Å². The highest BCUT2D eigenvalue weighted by Gasteiger charge is 2.22. The molecule has 0 heterocycles. The van der Waals surface area contributed by atoms with Gasteiger partial charge < -0.3 is 0 Å². The molecule has 1 aromatic carbocycles. The number of hydrogen-bond acceptors (Lipinski definition) is 0. The van der Waals surface area contributed by atoms with Crippen molar-refractivity contribution in [3.63, 3.8) is 0 Å². The molecular weight excluding hydrogens is 348 g/mol. The molecule has 0 amide bonds. The zero-order valence-electron chi connectivity index (χ0n) is 19.4. The summed E-state index contributed by atoms with van der Waals surface area (Å²) in [5, 5.41) is 0. The molecule has 2 aliphatic carbocycles. The van der Waals surface area contributed by atoms with E-state index in [4.69, 9.17) is 0 Å². The second-order valence-electron chi connectivity index (χ2n) is 10.2. The van der Waals surface area contributed by atoms with E-state index in [-0.39, 0.29) is 0 Å². The van der Waals surface area contributed by atoms with Crippen molar-refractivity contribution in [1.29, 1.82) is 0 Å². The molecule has 0 nitrogen and oxygen atoms in total. The molecule has 0 aliphatic heterocycles. The third-order valence-corrected chi connectivity index (χ3v) is 7.83. The van der Waals surface area contributed by atoms with Crippen molar-refractivity contribution in [2.24, 2.45) is 17.8 Å². The Morgan fingerprint density at radius 2 is 1.28 bits per heavy atom. The number of rotatable bonds is 11. The van der Waals surface area contributed by atoms with Crippen molar-refractivity contribution in [1.82, 2.24) is 0 Å². The van der Waals surface area contributed by atoms with Crippen molar-refractivity contribution in [3.05, 3.63) is 47.0 Å². The van der Waals surface area contributed by atoms with E-state index in [1.165, 1.54) is 114 Å². The van der Waals surface area contributed by atoms with Crippen LogP contribution in [0.25, 0.3) is 0 Å². The predicted molar refractivity (Wildman–Crippen MR) is 128 cm³/mol. The first kappa shape index (κ1) is 22.6. The van der Waals surface area contributed by atoms with Crippen molar-refractivity contribution in [3.8, 4) is 0 Å². The average molecular weight is 395 g/mol. The van der Waals surface area contributed by atoms with Gasteiger partial charge in [0.1, 0.15) is 0 Å². The molecule has 1 fully saturated rings. The van der Waals surface area contributed by atoms with Gasteiger partial charge in [0, 0.05) is 0 Å². The number of aryl methyl sites for hydroxylation is 2. The number of hydrogen-bond donors (Lipinski definition) is 0. The summed E-state index contributed by atoms with van der Waals surface area (Å²) in [5.74, 6) is 3.09. The second-order valence-corrected chi connectivity index (χ2v) is 10.2. The predicted octanol–water partition coefficient (Wildman–Crippen LogP) is 9.08. The molecule has 29 heavy (non-hydrogen) atoms. The van der Waals surface area contributed by atoms with Crippen LogP contribution in [0.5, 0.6) is 0 Å². The number of allylic oxidation sites excluding steroid dienone is 2. The first-order valence-corrected chi connectivity index (χ1v) is 13.0. The Hall–Kier alpha value is -1.04. The molecule has 0 spiro atoms. The molecule has 1 aromatic rings. The Kier molecular flexibility index (Phi) is 9.84. The van der Waals surface area contributed by atoms with Gasteiger partial charge in [-0.2, -0.15) is 0 Å². The van der Waals surface area contributed by atoms with Gasteiger partial charge >= 0.3 is 0 Å². The Balaban J connectivity index is 1.30. The molecule has 1 atom stereocenters. The molecule has 0 aromatic heterocycles. The van der Waals surface area contributed by atoms with E-state index in [1.807, 2.05) is 0 Å². The summed E-state index contributed by atoms with van der Waals surface area (Å²) in [4.78, 5) is 0. The molecule has 1 unspecified atom stereocenters. The lowest BCUT2D eigenvalue weighted by Gasteiger charge is -2.30. The van der Waals surface area contributed by atoms with Gasteiger partial charge in [-0.05, 0) is 73.8 Å². The van der Waals surface area contributed by atoms with Crippen LogP contribution in [0.1, 0.15) is 115 Å². The minimum atomic E-state index is 0.977. The van der Waals surface area contributed by atoms with E-state index in [0.717, 1.165) is 17.8 Å². The highest BCUT2D eigenvalue weighted by atomic mass is 14.3. The van der Waals surface area contributed by atoms with Crippen LogP contribution in [-0.2, 0) is 12.8 Å². The van der Waals surface area contributed by atoms with Crippen LogP contribution in [0.3, 0.4) is 0 Å². The summed E-state index contributed by atoms with van der Waals surface area (Å²) in [6, 6.07) is 9.38. The van der Waals surface area contributed by atoms with Crippen molar-refractivity contribution in [2.45, 2.75) is 117 Å². The lowest BCUT2D eigenvalue weighted by Crippen LogP contribution is -2.16. The number of unbranched alkanes of at least 4 members (excludes halogenated alkanes) is 1. The topological polar surface area (TPSA) is 0 Å². The summed E-state index contributed by atoms with van der Waals surface area (Å²) in [6.07, 6.45) is 25.2. The van der Waals surface area contributed by atoms with Crippen LogP contribution in [0.15, 0.2) is 35.9 Å². The summed E-state index contributed by atoms with van der Waals surface area (Å²) in [5.41, 5.74) is 4.74. The maximum atomic E-state index is 2.61. The fraction of sp³-hybridized carbons (Fsp3) is 0.724. The van der Waals surface area contributed by atoms with E-state index in [0.29, 0.717) is 0 Å². The lowest BCUT2D eigenvalue weighted by molar-refractivity contribution is 0.235.